The lowest BCUT2D eigenvalue weighted by Crippen LogP contribution is -2.50. The topological polar surface area (TPSA) is 59.1 Å². The molecule has 0 N–H and O–H groups in total. The van der Waals surface area contributed by atoms with Crippen molar-refractivity contribution in [3.05, 3.63) is 56.5 Å². The molecule has 0 bridgehead atoms. The number of methoxy groups -OCH3 is 2. The van der Waals surface area contributed by atoms with Gasteiger partial charge in [0.05, 0.1) is 23.2 Å². The maximum atomic E-state index is 12.8. The van der Waals surface area contributed by atoms with Crippen LogP contribution >= 0.6 is 31.9 Å². The Hall–Kier alpha value is -2.06. The minimum atomic E-state index is -0.0531. The molecule has 28 heavy (non-hydrogen) atoms. The summed E-state index contributed by atoms with van der Waals surface area (Å²) in [6.45, 7) is 1.97. The van der Waals surface area contributed by atoms with Gasteiger partial charge in [0.25, 0.3) is 11.8 Å². The zero-order valence-electron chi connectivity index (χ0n) is 15.6. The van der Waals surface area contributed by atoms with E-state index in [9.17, 15) is 9.59 Å². The SMILES string of the molecule is COc1ccc(C(=O)N2CCN(C(=O)c3ccc(OC)c(Br)c3)CC2)cc1Br. The lowest BCUT2D eigenvalue weighted by Gasteiger charge is -2.35. The molecule has 2 aromatic carbocycles. The molecule has 0 aromatic heterocycles. The molecule has 2 aromatic rings. The Morgan fingerprint density at radius 2 is 1.11 bits per heavy atom. The first-order valence-corrected chi connectivity index (χ1v) is 10.3. The van der Waals surface area contributed by atoms with Crippen molar-refractivity contribution >= 4 is 43.7 Å². The zero-order chi connectivity index (χ0) is 20.3. The predicted molar refractivity (Wildman–Crippen MR) is 113 cm³/mol. The van der Waals surface area contributed by atoms with E-state index in [1.165, 1.54) is 0 Å². The number of halogens is 2. The van der Waals surface area contributed by atoms with Crippen LogP contribution in [0.25, 0.3) is 0 Å². The fourth-order valence-electron chi connectivity index (χ4n) is 3.08. The van der Waals surface area contributed by atoms with Crippen LogP contribution in [-0.2, 0) is 0 Å². The van der Waals surface area contributed by atoms with Crippen LogP contribution in [0.4, 0.5) is 0 Å². The third-order valence-electron chi connectivity index (χ3n) is 4.65. The van der Waals surface area contributed by atoms with E-state index < -0.39 is 0 Å². The van der Waals surface area contributed by atoms with Gasteiger partial charge in [-0.3, -0.25) is 9.59 Å². The molecule has 1 fully saturated rings. The number of ether oxygens (including phenoxy) is 2. The van der Waals surface area contributed by atoms with Crippen molar-refractivity contribution in [3.63, 3.8) is 0 Å². The van der Waals surface area contributed by atoms with Crippen molar-refractivity contribution in [2.75, 3.05) is 40.4 Å². The molecule has 1 aliphatic heterocycles. The van der Waals surface area contributed by atoms with Gasteiger partial charge >= 0.3 is 0 Å². The quantitative estimate of drug-likeness (QED) is 0.626. The Labute approximate surface area is 180 Å². The Balaban J connectivity index is 1.63. The van der Waals surface area contributed by atoms with Crippen LogP contribution in [0.15, 0.2) is 45.3 Å². The van der Waals surface area contributed by atoms with Gasteiger partial charge in [0, 0.05) is 37.3 Å². The van der Waals surface area contributed by atoms with E-state index in [1.807, 2.05) is 0 Å². The minimum Gasteiger partial charge on any atom is -0.496 e. The molecular weight excluding hydrogens is 492 g/mol. The molecule has 0 unspecified atom stereocenters. The molecule has 1 saturated heterocycles. The van der Waals surface area contributed by atoms with Gasteiger partial charge in [-0.05, 0) is 68.3 Å². The number of hydrogen-bond acceptors (Lipinski definition) is 4. The lowest BCUT2D eigenvalue weighted by molar-refractivity contribution is 0.0535. The number of carbonyl (C=O) groups is 2. The molecule has 0 aliphatic carbocycles. The fraction of sp³-hybridized carbons (Fsp3) is 0.300. The molecule has 0 saturated carbocycles. The Morgan fingerprint density at radius 1 is 0.750 bits per heavy atom. The van der Waals surface area contributed by atoms with E-state index in [-0.39, 0.29) is 11.8 Å². The zero-order valence-corrected chi connectivity index (χ0v) is 18.7. The molecule has 148 valence electrons. The highest BCUT2D eigenvalue weighted by Crippen LogP contribution is 2.27. The van der Waals surface area contributed by atoms with Crippen LogP contribution < -0.4 is 9.47 Å². The van der Waals surface area contributed by atoms with Crippen LogP contribution in [0, 0.1) is 0 Å². The second-order valence-electron chi connectivity index (χ2n) is 6.28. The normalized spacial score (nSPS) is 14.0. The molecule has 3 rings (SSSR count). The van der Waals surface area contributed by atoms with Gasteiger partial charge in [-0.1, -0.05) is 0 Å². The molecular formula is C20H20Br2N2O4. The summed E-state index contributed by atoms with van der Waals surface area (Å²) in [4.78, 5) is 29.0. The Kier molecular flexibility index (Phi) is 6.61. The van der Waals surface area contributed by atoms with Crippen molar-refractivity contribution in [2.45, 2.75) is 0 Å². The summed E-state index contributed by atoms with van der Waals surface area (Å²) >= 11 is 6.82. The van der Waals surface area contributed by atoms with Crippen molar-refractivity contribution in [3.8, 4) is 11.5 Å². The highest BCUT2D eigenvalue weighted by molar-refractivity contribution is 9.10. The molecule has 1 heterocycles. The molecule has 1 aliphatic rings. The predicted octanol–water partition coefficient (Wildman–Crippen LogP) is 3.83. The number of carbonyl (C=O) groups excluding carboxylic acids is 2. The van der Waals surface area contributed by atoms with Crippen LogP contribution in [0.2, 0.25) is 0 Å². The number of rotatable bonds is 4. The van der Waals surface area contributed by atoms with E-state index in [4.69, 9.17) is 9.47 Å². The smallest absolute Gasteiger partial charge is 0.254 e. The highest BCUT2D eigenvalue weighted by Gasteiger charge is 2.26. The summed E-state index contributed by atoms with van der Waals surface area (Å²) in [5.74, 6) is 1.25. The van der Waals surface area contributed by atoms with Crippen molar-refractivity contribution in [2.24, 2.45) is 0 Å². The first-order valence-electron chi connectivity index (χ1n) is 8.70. The van der Waals surface area contributed by atoms with Gasteiger partial charge < -0.3 is 19.3 Å². The lowest BCUT2D eigenvalue weighted by atomic mass is 10.1. The number of hydrogen-bond donors (Lipinski definition) is 0. The summed E-state index contributed by atoms with van der Waals surface area (Å²) in [5, 5.41) is 0. The minimum absolute atomic E-state index is 0.0531. The van der Waals surface area contributed by atoms with Gasteiger partial charge in [-0.15, -0.1) is 0 Å². The van der Waals surface area contributed by atoms with Crippen molar-refractivity contribution in [1.29, 1.82) is 0 Å². The van der Waals surface area contributed by atoms with Crippen LogP contribution in [0.1, 0.15) is 20.7 Å². The molecule has 0 atom stereocenters. The molecule has 6 nitrogen and oxygen atoms in total. The summed E-state index contributed by atoms with van der Waals surface area (Å²) in [5.41, 5.74) is 1.18. The molecule has 8 heteroatoms. The van der Waals surface area contributed by atoms with Crippen LogP contribution in [0.3, 0.4) is 0 Å². The number of piperazine rings is 1. The van der Waals surface area contributed by atoms with Gasteiger partial charge in [0.2, 0.25) is 0 Å². The molecule has 0 spiro atoms. The van der Waals surface area contributed by atoms with E-state index in [2.05, 4.69) is 31.9 Å². The molecule has 0 radical (unpaired) electrons. The third kappa shape index (κ3) is 4.33. The maximum Gasteiger partial charge on any atom is 0.254 e. The van der Waals surface area contributed by atoms with E-state index >= 15 is 0 Å². The first kappa shape index (κ1) is 20.7. The van der Waals surface area contributed by atoms with Crippen LogP contribution in [-0.4, -0.2) is 62.0 Å². The van der Waals surface area contributed by atoms with Crippen LogP contribution in [0.5, 0.6) is 11.5 Å². The fourth-order valence-corrected chi connectivity index (χ4v) is 4.16. The summed E-state index contributed by atoms with van der Waals surface area (Å²) < 4.78 is 11.9. The Morgan fingerprint density at radius 3 is 1.39 bits per heavy atom. The maximum absolute atomic E-state index is 12.8. The number of benzene rings is 2. The van der Waals surface area contributed by atoms with E-state index in [0.29, 0.717) is 48.8 Å². The highest BCUT2D eigenvalue weighted by atomic mass is 79.9. The monoisotopic (exact) mass is 510 g/mol. The average Bonchev–Trinajstić information content (AvgIpc) is 2.72. The van der Waals surface area contributed by atoms with Crippen molar-refractivity contribution in [1.82, 2.24) is 9.80 Å². The summed E-state index contributed by atoms with van der Waals surface area (Å²) in [6.07, 6.45) is 0. The van der Waals surface area contributed by atoms with Gasteiger partial charge in [0.15, 0.2) is 0 Å². The second-order valence-corrected chi connectivity index (χ2v) is 7.99. The Bertz CT molecular complexity index is 822. The van der Waals surface area contributed by atoms with E-state index in [1.54, 1.807) is 60.4 Å². The summed E-state index contributed by atoms with van der Waals surface area (Å²) in [6, 6.07) is 10.5. The molecule has 2 amide bonds. The third-order valence-corrected chi connectivity index (χ3v) is 5.89. The number of amides is 2. The summed E-state index contributed by atoms with van der Waals surface area (Å²) in [7, 11) is 3.17. The number of nitrogens with zero attached hydrogens (tertiary/aromatic N) is 2. The van der Waals surface area contributed by atoms with E-state index in [0.717, 1.165) is 8.95 Å². The van der Waals surface area contributed by atoms with Gasteiger partial charge in [-0.25, -0.2) is 0 Å². The largest absolute Gasteiger partial charge is 0.496 e. The second kappa shape index (κ2) is 8.96. The van der Waals surface area contributed by atoms with Gasteiger partial charge in [0.1, 0.15) is 11.5 Å². The van der Waals surface area contributed by atoms with Crippen molar-refractivity contribution < 1.29 is 19.1 Å². The standard InChI is InChI=1S/C20H20Br2N2O4/c1-27-17-5-3-13(11-15(17)21)19(25)23-7-9-24(10-8-23)20(26)14-4-6-18(28-2)16(22)12-14/h3-6,11-12H,7-10H2,1-2H3. The van der Waals surface area contributed by atoms with Gasteiger partial charge in [-0.2, -0.15) is 0 Å². The average molecular weight is 512 g/mol. The first-order chi connectivity index (χ1) is 13.4.